The summed E-state index contributed by atoms with van der Waals surface area (Å²) in [5.41, 5.74) is 1.23. The molecule has 1 aromatic carbocycles. The first-order chi connectivity index (χ1) is 10.8. The number of benzene rings is 1. The second kappa shape index (κ2) is 9.67. The van der Waals surface area contributed by atoms with Crippen LogP contribution < -0.4 is 5.32 Å². The Kier molecular flexibility index (Phi) is 8.26. The Bertz CT molecular complexity index is 571. The molecule has 1 amide bonds. The van der Waals surface area contributed by atoms with E-state index in [0.29, 0.717) is 19.0 Å². The van der Waals surface area contributed by atoms with E-state index >= 15 is 0 Å². The van der Waals surface area contributed by atoms with Gasteiger partial charge in [-0.3, -0.25) is 4.79 Å². The van der Waals surface area contributed by atoms with E-state index in [1.807, 2.05) is 32.0 Å². The van der Waals surface area contributed by atoms with Gasteiger partial charge in [-0.15, -0.1) is 0 Å². The SMILES string of the molecule is CC(C)CCN(CC(=O)NCCCc1ccccc1)S(C)(=O)=O. The smallest absolute Gasteiger partial charge is 0.235 e. The summed E-state index contributed by atoms with van der Waals surface area (Å²) in [6, 6.07) is 10.1. The van der Waals surface area contributed by atoms with Crippen LogP contribution in [-0.4, -0.2) is 44.5 Å². The zero-order valence-electron chi connectivity index (χ0n) is 14.3. The number of hydrogen-bond acceptors (Lipinski definition) is 3. The number of carbonyl (C=O) groups excluding carboxylic acids is 1. The lowest BCUT2D eigenvalue weighted by atomic mass is 10.1. The fourth-order valence-electron chi connectivity index (χ4n) is 2.15. The van der Waals surface area contributed by atoms with Crippen LogP contribution in [0.15, 0.2) is 30.3 Å². The van der Waals surface area contributed by atoms with E-state index in [9.17, 15) is 13.2 Å². The number of nitrogens with one attached hydrogen (secondary N) is 1. The van der Waals surface area contributed by atoms with E-state index in [-0.39, 0.29) is 12.5 Å². The summed E-state index contributed by atoms with van der Waals surface area (Å²) in [4.78, 5) is 11.9. The molecule has 0 fully saturated rings. The van der Waals surface area contributed by atoms with Crippen LogP contribution in [0.1, 0.15) is 32.3 Å². The van der Waals surface area contributed by atoms with Gasteiger partial charge in [0.1, 0.15) is 0 Å². The van der Waals surface area contributed by atoms with Gasteiger partial charge in [-0.1, -0.05) is 44.2 Å². The van der Waals surface area contributed by atoms with E-state index < -0.39 is 10.0 Å². The molecular formula is C17H28N2O3S. The minimum Gasteiger partial charge on any atom is -0.355 e. The highest BCUT2D eigenvalue weighted by atomic mass is 32.2. The Morgan fingerprint density at radius 3 is 2.43 bits per heavy atom. The predicted octanol–water partition coefficient (Wildman–Crippen LogP) is 2.04. The van der Waals surface area contributed by atoms with E-state index in [2.05, 4.69) is 17.4 Å². The quantitative estimate of drug-likeness (QED) is 0.663. The minimum atomic E-state index is -3.36. The Balaban J connectivity index is 2.34. The fraction of sp³-hybridized carbons (Fsp3) is 0.588. The lowest BCUT2D eigenvalue weighted by molar-refractivity contribution is -0.121. The molecule has 0 radical (unpaired) electrons. The average Bonchev–Trinajstić information content (AvgIpc) is 2.47. The second-order valence-corrected chi connectivity index (χ2v) is 8.20. The molecule has 0 saturated carbocycles. The molecule has 1 aromatic rings. The van der Waals surface area contributed by atoms with Gasteiger partial charge in [0.15, 0.2) is 0 Å². The Morgan fingerprint density at radius 1 is 1.22 bits per heavy atom. The van der Waals surface area contributed by atoms with Crippen LogP contribution in [0.4, 0.5) is 0 Å². The van der Waals surface area contributed by atoms with Crippen molar-refractivity contribution in [3.05, 3.63) is 35.9 Å². The Labute approximate surface area is 140 Å². The third kappa shape index (κ3) is 8.71. The Morgan fingerprint density at radius 2 is 1.87 bits per heavy atom. The second-order valence-electron chi connectivity index (χ2n) is 6.22. The molecule has 0 saturated heterocycles. The summed E-state index contributed by atoms with van der Waals surface area (Å²) < 4.78 is 24.7. The number of nitrogens with zero attached hydrogens (tertiary/aromatic N) is 1. The van der Waals surface area contributed by atoms with Crippen molar-refractivity contribution in [3.8, 4) is 0 Å². The van der Waals surface area contributed by atoms with Crippen LogP contribution in [-0.2, 0) is 21.2 Å². The van der Waals surface area contributed by atoms with Gasteiger partial charge in [0.05, 0.1) is 12.8 Å². The van der Waals surface area contributed by atoms with Crippen LogP contribution in [0.2, 0.25) is 0 Å². The molecular weight excluding hydrogens is 312 g/mol. The molecule has 5 nitrogen and oxygen atoms in total. The maximum absolute atomic E-state index is 11.9. The van der Waals surface area contributed by atoms with Gasteiger partial charge in [0, 0.05) is 13.1 Å². The van der Waals surface area contributed by atoms with Crippen molar-refractivity contribution in [3.63, 3.8) is 0 Å². The number of rotatable bonds is 10. The first kappa shape index (κ1) is 19.6. The number of hydrogen-bond donors (Lipinski definition) is 1. The average molecular weight is 340 g/mol. The zero-order valence-corrected chi connectivity index (χ0v) is 15.1. The molecule has 6 heteroatoms. The monoisotopic (exact) mass is 340 g/mol. The van der Waals surface area contributed by atoms with Gasteiger partial charge < -0.3 is 5.32 Å². The molecule has 0 aliphatic carbocycles. The maximum atomic E-state index is 11.9. The van der Waals surface area contributed by atoms with Gasteiger partial charge in [-0.05, 0) is 30.7 Å². The van der Waals surface area contributed by atoms with E-state index in [4.69, 9.17) is 0 Å². The lowest BCUT2D eigenvalue weighted by Crippen LogP contribution is -2.41. The van der Waals surface area contributed by atoms with Crippen molar-refractivity contribution in [2.24, 2.45) is 5.92 Å². The summed E-state index contributed by atoms with van der Waals surface area (Å²) in [6.45, 7) is 4.90. The molecule has 0 heterocycles. The van der Waals surface area contributed by atoms with Crippen LogP contribution in [0, 0.1) is 5.92 Å². The van der Waals surface area contributed by atoms with Crippen LogP contribution in [0.3, 0.4) is 0 Å². The molecule has 0 aromatic heterocycles. The molecule has 0 aliphatic rings. The van der Waals surface area contributed by atoms with Crippen molar-refractivity contribution in [2.45, 2.75) is 33.1 Å². The zero-order chi connectivity index (χ0) is 17.3. The van der Waals surface area contributed by atoms with Gasteiger partial charge in [0.25, 0.3) is 0 Å². The molecule has 0 atom stereocenters. The van der Waals surface area contributed by atoms with Crippen molar-refractivity contribution < 1.29 is 13.2 Å². The molecule has 130 valence electrons. The number of aryl methyl sites for hydroxylation is 1. The van der Waals surface area contributed by atoms with Crippen molar-refractivity contribution in [2.75, 3.05) is 25.9 Å². The summed E-state index contributed by atoms with van der Waals surface area (Å²) in [7, 11) is -3.36. The molecule has 0 spiro atoms. The van der Waals surface area contributed by atoms with E-state index in [1.165, 1.54) is 9.87 Å². The first-order valence-electron chi connectivity index (χ1n) is 8.05. The normalized spacial score (nSPS) is 11.9. The summed E-state index contributed by atoms with van der Waals surface area (Å²) in [5.74, 6) is 0.153. The maximum Gasteiger partial charge on any atom is 0.235 e. The highest BCUT2D eigenvalue weighted by Gasteiger charge is 2.19. The molecule has 1 rings (SSSR count). The molecule has 1 N–H and O–H groups in total. The van der Waals surface area contributed by atoms with Crippen molar-refractivity contribution in [1.29, 1.82) is 0 Å². The van der Waals surface area contributed by atoms with Crippen LogP contribution >= 0.6 is 0 Å². The highest BCUT2D eigenvalue weighted by Crippen LogP contribution is 2.06. The Hall–Kier alpha value is -1.40. The number of carbonyl (C=O) groups is 1. The number of amides is 1. The van der Waals surface area contributed by atoms with Gasteiger partial charge in [-0.2, -0.15) is 4.31 Å². The van der Waals surface area contributed by atoms with E-state index in [0.717, 1.165) is 25.5 Å². The summed E-state index contributed by atoms with van der Waals surface area (Å²) >= 11 is 0. The van der Waals surface area contributed by atoms with Crippen molar-refractivity contribution in [1.82, 2.24) is 9.62 Å². The fourth-order valence-corrected chi connectivity index (χ4v) is 2.93. The first-order valence-corrected chi connectivity index (χ1v) is 9.89. The molecule has 0 bridgehead atoms. The highest BCUT2D eigenvalue weighted by molar-refractivity contribution is 7.88. The number of sulfonamides is 1. The van der Waals surface area contributed by atoms with Crippen LogP contribution in [0.25, 0.3) is 0 Å². The van der Waals surface area contributed by atoms with Crippen LogP contribution in [0.5, 0.6) is 0 Å². The van der Waals surface area contributed by atoms with Crippen molar-refractivity contribution >= 4 is 15.9 Å². The largest absolute Gasteiger partial charge is 0.355 e. The predicted molar refractivity (Wildman–Crippen MR) is 93.6 cm³/mol. The summed E-state index contributed by atoms with van der Waals surface area (Å²) in [6.07, 6.45) is 3.62. The van der Waals surface area contributed by atoms with Gasteiger partial charge >= 0.3 is 0 Å². The third-order valence-corrected chi connectivity index (χ3v) is 4.80. The van der Waals surface area contributed by atoms with E-state index in [1.54, 1.807) is 0 Å². The minimum absolute atomic E-state index is 0.100. The molecule has 0 unspecified atom stereocenters. The topological polar surface area (TPSA) is 66.5 Å². The van der Waals surface area contributed by atoms with Gasteiger partial charge in [-0.25, -0.2) is 8.42 Å². The third-order valence-electron chi connectivity index (χ3n) is 3.55. The molecule has 23 heavy (non-hydrogen) atoms. The lowest BCUT2D eigenvalue weighted by Gasteiger charge is -2.20. The standard InChI is InChI=1S/C17H28N2O3S/c1-15(2)11-13-19(23(3,21)22)14-17(20)18-12-7-10-16-8-5-4-6-9-16/h4-6,8-9,15H,7,10-14H2,1-3H3,(H,18,20). The summed E-state index contributed by atoms with van der Waals surface area (Å²) in [5, 5.41) is 2.80. The van der Waals surface area contributed by atoms with Gasteiger partial charge in [0.2, 0.25) is 15.9 Å². The molecule has 0 aliphatic heterocycles.